The topological polar surface area (TPSA) is 174 Å². The fourth-order valence-electron chi connectivity index (χ4n) is 11.0. The lowest BCUT2D eigenvalue weighted by Crippen LogP contribution is -2.67. The molecule has 0 aliphatic carbocycles. The van der Waals surface area contributed by atoms with E-state index in [1.54, 1.807) is 6.08 Å². The zero-order valence-corrected chi connectivity index (χ0v) is 52.3. The maximum absolute atomic E-state index is 14.8. The summed E-state index contributed by atoms with van der Waals surface area (Å²) in [6.07, 6.45) is 4.89. The van der Waals surface area contributed by atoms with Crippen molar-refractivity contribution >= 4 is 13.5 Å². The summed E-state index contributed by atoms with van der Waals surface area (Å²) in [5.74, 6) is -0.248. The molecule has 6 aromatic carbocycles. The van der Waals surface area contributed by atoms with Gasteiger partial charge in [0.1, 0.15) is 42.7 Å². The summed E-state index contributed by atoms with van der Waals surface area (Å²) < 4.78 is 88.0. The largest absolute Gasteiger partial charge is 0.374 e. The Labute approximate surface area is 522 Å². The molecule has 1 amide bonds. The van der Waals surface area contributed by atoms with E-state index in [0.717, 1.165) is 59.1 Å². The van der Waals surface area contributed by atoms with E-state index >= 15 is 0 Å². The molecule has 0 spiro atoms. The van der Waals surface area contributed by atoms with Crippen LogP contribution in [0.1, 0.15) is 111 Å². The third-order valence-corrected chi connectivity index (χ3v) is 16.9. The van der Waals surface area contributed by atoms with Crippen molar-refractivity contribution in [1.82, 2.24) is 5.32 Å². The molecule has 11 unspecified atom stereocenters. The highest BCUT2D eigenvalue weighted by molar-refractivity contribution is 7.52. The summed E-state index contributed by atoms with van der Waals surface area (Å²) in [7, 11) is -3.84. The van der Waals surface area contributed by atoms with Crippen molar-refractivity contribution in [1.29, 1.82) is 0 Å². The number of ether oxygens (including phenoxy) is 9. The quantitative estimate of drug-likeness (QED) is 0.0211. The Balaban J connectivity index is 1.07. The van der Waals surface area contributed by atoms with Crippen molar-refractivity contribution in [3.05, 3.63) is 228 Å². The van der Waals surface area contributed by atoms with Gasteiger partial charge in [-0.05, 0) is 39.8 Å². The summed E-state index contributed by atoms with van der Waals surface area (Å²) in [6, 6.07) is 56.7. The molecule has 0 radical (unpaired) electrons. The normalized spacial score (nSPS) is 23.0. The Hall–Kier alpha value is -5.72. The van der Waals surface area contributed by atoms with E-state index in [0.29, 0.717) is 6.61 Å². The van der Waals surface area contributed by atoms with Crippen molar-refractivity contribution in [3.8, 4) is 0 Å². The summed E-state index contributed by atoms with van der Waals surface area (Å²) in [6.45, 7) is 8.69. The van der Waals surface area contributed by atoms with Crippen LogP contribution in [0.4, 0.5) is 0 Å². The minimum atomic E-state index is -3.84. The van der Waals surface area contributed by atoms with Crippen LogP contribution in [-0.4, -0.2) is 99.8 Å². The monoisotopic (exact) mass is 1220 g/mol. The molecule has 8 rings (SSSR count). The van der Waals surface area contributed by atoms with Gasteiger partial charge in [-0.25, -0.2) is 0 Å². The summed E-state index contributed by atoms with van der Waals surface area (Å²) in [5, 5.41) is 3.33. The number of carbonyl (C=O) groups excluding carboxylic acids is 1. The van der Waals surface area contributed by atoms with Gasteiger partial charge in [-0.3, -0.25) is 13.9 Å². The Morgan fingerprint density at radius 1 is 0.534 bits per heavy atom. The van der Waals surface area contributed by atoms with Gasteiger partial charge in [-0.15, -0.1) is 6.58 Å². The SMILES string of the molecule is C=CCOC1OC(COC2OC(COCc3ccccc3)C(OP(C)(=O)OCc3ccccc3)C(OCc3ccccc3)C2N)C(OCc2ccccc2)C(OCc2ccccc2)C1NC(=O)C[C@@H](CCCCCCCCCCC)OCc1ccccc1. The lowest BCUT2D eigenvalue weighted by molar-refractivity contribution is -0.312. The predicted octanol–water partition coefficient (Wildman–Crippen LogP) is 13.8. The first-order valence-corrected chi connectivity index (χ1v) is 33.5. The molecule has 0 aromatic heterocycles. The molecule has 3 N–H and O–H groups in total. The Bertz CT molecular complexity index is 2880. The number of rotatable bonds is 40. The van der Waals surface area contributed by atoms with Crippen LogP contribution < -0.4 is 11.1 Å². The highest BCUT2D eigenvalue weighted by Gasteiger charge is 2.52. The molecule has 88 heavy (non-hydrogen) atoms. The molecule has 474 valence electrons. The highest BCUT2D eigenvalue weighted by atomic mass is 31.2. The Kier molecular flexibility index (Phi) is 29.5. The van der Waals surface area contributed by atoms with E-state index in [1.165, 1.54) is 45.2 Å². The van der Waals surface area contributed by atoms with Gasteiger partial charge in [0.05, 0.1) is 78.0 Å². The smallest absolute Gasteiger partial charge is 0.328 e. The molecule has 2 fully saturated rings. The second-order valence-corrected chi connectivity index (χ2v) is 24.8. The van der Waals surface area contributed by atoms with Gasteiger partial charge in [-0.2, -0.15) is 0 Å². The summed E-state index contributed by atoms with van der Waals surface area (Å²) >= 11 is 0. The Morgan fingerprint density at radius 2 is 0.977 bits per heavy atom. The first kappa shape index (κ1) is 68.2. The van der Waals surface area contributed by atoms with Crippen molar-refractivity contribution < 1.29 is 61.0 Å². The first-order chi connectivity index (χ1) is 43.1. The van der Waals surface area contributed by atoms with Crippen molar-refractivity contribution in [2.45, 2.75) is 185 Å². The maximum Gasteiger partial charge on any atom is 0.328 e. The van der Waals surface area contributed by atoms with E-state index < -0.39 is 68.9 Å². The molecule has 0 bridgehead atoms. The lowest BCUT2D eigenvalue weighted by Gasteiger charge is -2.48. The number of benzene rings is 6. The zero-order valence-electron chi connectivity index (χ0n) is 51.4. The fourth-order valence-corrected chi connectivity index (χ4v) is 12.1. The van der Waals surface area contributed by atoms with Gasteiger partial charge in [0.2, 0.25) is 5.91 Å². The average molecular weight is 1230 g/mol. The molecule has 2 aliphatic heterocycles. The number of amides is 1. The molecule has 2 heterocycles. The molecular formula is C72H93N2O13P. The van der Waals surface area contributed by atoms with Gasteiger partial charge in [0.25, 0.3) is 0 Å². The van der Waals surface area contributed by atoms with Crippen molar-refractivity contribution in [2.24, 2.45) is 5.73 Å². The maximum atomic E-state index is 14.8. The van der Waals surface area contributed by atoms with Crippen molar-refractivity contribution in [2.75, 3.05) is 26.5 Å². The van der Waals surface area contributed by atoms with Crippen LogP contribution >= 0.6 is 7.60 Å². The minimum absolute atomic E-state index is 0.0235. The van der Waals surface area contributed by atoms with E-state index in [4.69, 9.17) is 57.4 Å². The number of unbranched alkanes of at least 4 members (excludes halogenated alkanes) is 8. The van der Waals surface area contributed by atoms with Crippen LogP contribution in [0.3, 0.4) is 0 Å². The number of hydrogen-bond donors (Lipinski definition) is 2. The number of nitrogens with one attached hydrogen (secondary N) is 1. The van der Waals surface area contributed by atoms with Gasteiger partial charge in [0.15, 0.2) is 12.6 Å². The summed E-state index contributed by atoms with van der Waals surface area (Å²) in [5.41, 5.74) is 12.8. The second kappa shape index (κ2) is 38.1. The van der Waals surface area contributed by atoms with Gasteiger partial charge >= 0.3 is 7.60 Å². The van der Waals surface area contributed by atoms with E-state index in [-0.39, 0.29) is 71.3 Å². The Morgan fingerprint density at radius 3 is 1.50 bits per heavy atom. The van der Waals surface area contributed by atoms with Crippen LogP contribution in [0.5, 0.6) is 0 Å². The van der Waals surface area contributed by atoms with E-state index in [1.807, 2.05) is 182 Å². The lowest BCUT2D eigenvalue weighted by atomic mass is 9.95. The third kappa shape index (κ3) is 23.3. The predicted molar refractivity (Wildman–Crippen MR) is 342 cm³/mol. The van der Waals surface area contributed by atoms with Crippen molar-refractivity contribution in [3.63, 3.8) is 0 Å². The molecule has 6 aromatic rings. The zero-order chi connectivity index (χ0) is 61.4. The van der Waals surface area contributed by atoms with Crippen LogP contribution in [0.2, 0.25) is 0 Å². The molecule has 16 heteroatoms. The number of carbonyl (C=O) groups is 1. The molecule has 0 saturated carbocycles. The molecular weight excluding hydrogens is 1130 g/mol. The number of nitrogens with two attached hydrogens (primary N) is 1. The van der Waals surface area contributed by atoms with Gasteiger partial charge < -0.3 is 58.2 Å². The fraction of sp³-hybridized carbons (Fsp3) is 0.458. The molecule has 2 aliphatic rings. The second-order valence-electron chi connectivity index (χ2n) is 22.8. The van der Waals surface area contributed by atoms with Crippen LogP contribution in [0.25, 0.3) is 0 Å². The third-order valence-electron chi connectivity index (χ3n) is 15.7. The van der Waals surface area contributed by atoms with E-state index in [2.05, 4.69) is 18.8 Å². The number of hydrogen-bond acceptors (Lipinski definition) is 14. The molecule has 15 nitrogen and oxygen atoms in total. The van der Waals surface area contributed by atoms with Gasteiger partial charge in [-0.1, -0.05) is 253 Å². The van der Waals surface area contributed by atoms with Gasteiger partial charge in [0, 0.05) is 6.66 Å². The standard InChI is InChI=1S/C72H93N2O13P/c1-4-6-7-8-9-10-11-12-31-44-61(79-48-56-34-21-14-22-35-56)46-64(75)74-66-70(82-51-59-40-27-17-28-41-59)67(80-49-57-36-23-15-24-37-57)63(86-72(66)78-45-5-2)54-83-71-65(73)69(81-50-58-38-25-16-26-39-58)68(62(85-71)53-77-47-55-32-19-13-20-33-55)87-88(3,76)84-52-60-42-29-18-30-43-60/h5,13-30,32-43,61-63,65-72H,2,4,6-12,31,44-54,73H2,1,3H3,(H,74,75)/t61-,62?,63?,65?,66?,67?,68?,69?,70?,71?,72?,88?/m1/s1. The van der Waals surface area contributed by atoms with Crippen LogP contribution in [-0.2, 0) is 101 Å². The van der Waals surface area contributed by atoms with E-state index in [9.17, 15) is 9.36 Å². The van der Waals surface area contributed by atoms with Crippen LogP contribution in [0.15, 0.2) is 195 Å². The average Bonchev–Trinajstić information content (AvgIpc) is 2.92. The highest BCUT2D eigenvalue weighted by Crippen LogP contribution is 2.49. The molecule has 12 atom stereocenters. The molecule has 2 saturated heterocycles. The minimum Gasteiger partial charge on any atom is -0.374 e. The van der Waals surface area contributed by atoms with Crippen LogP contribution in [0, 0.1) is 0 Å². The summed E-state index contributed by atoms with van der Waals surface area (Å²) in [4.78, 5) is 14.8. The first-order valence-electron chi connectivity index (χ1n) is 31.5.